The highest BCUT2D eigenvalue weighted by atomic mass is 16.4. The van der Waals surface area contributed by atoms with E-state index in [0.717, 1.165) is 27.9 Å². The van der Waals surface area contributed by atoms with Gasteiger partial charge in [0.2, 0.25) is 5.88 Å². The maximum Gasteiger partial charge on any atom is 0.238 e. The van der Waals surface area contributed by atoms with E-state index in [-0.39, 0.29) is 0 Å². The second-order valence-corrected chi connectivity index (χ2v) is 7.45. The van der Waals surface area contributed by atoms with Crippen LogP contribution >= 0.6 is 0 Å². The Morgan fingerprint density at radius 3 is 2.06 bits per heavy atom. The molecule has 3 aromatic carbocycles. The van der Waals surface area contributed by atoms with Gasteiger partial charge in [-0.2, -0.15) is 5.26 Å². The van der Waals surface area contributed by atoms with E-state index < -0.39 is 0 Å². The Bertz CT molecular complexity index is 1280. The third-order valence-electron chi connectivity index (χ3n) is 5.08. The number of nitriles is 1. The molecule has 1 heterocycles. The summed E-state index contributed by atoms with van der Waals surface area (Å²) < 4.78 is 6.11. The molecule has 156 valence electrons. The predicted octanol–water partition coefficient (Wildman–Crippen LogP) is 6.97. The van der Waals surface area contributed by atoms with Crippen LogP contribution in [0, 0.1) is 11.3 Å². The van der Waals surface area contributed by atoms with Crippen LogP contribution in [0.3, 0.4) is 0 Å². The highest BCUT2D eigenvalue weighted by Crippen LogP contribution is 2.42. The van der Waals surface area contributed by atoms with Crippen LogP contribution in [-0.4, -0.2) is 20.3 Å². The second-order valence-electron chi connectivity index (χ2n) is 7.45. The summed E-state index contributed by atoms with van der Waals surface area (Å²) >= 11 is 0. The average Bonchev–Trinajstić information content (AvgIpc) is 3.21. The van der Waals surface area contributed by atoms with Gasteiger partial charge < -0.3 is 9.32 Å². The average molecular weight is 418 g/mol. The summed E-state index contributed by atoms with van der Waals surface area (Å²) in [5.74, 6) is 0.946. The van der Waals surface area contributed by atoms with E-state index in [1.54, 1.807) is 6.21 Å². The van der Waals surface area contributed by atoms with Crippen LogP contribution in [0.1, 0.15) is 11.1 Å². The fraction of sp³-hybridized carbons (Fsp3) is 0.0714. The smallest absolute Gasteiger partial charge is 0.238 e. The van der Waals surface area contributed by atoms with Crippen molar-refractivity contribution >= 4 is 23.9 Å². The largest absolute Gasteiger partial charge is 0.436 e. The Hall–Kier alpha value is -4.36. The normalized spacial score (nSPS) is 11.2. The molecule has 0 aliphatic heterocycles. The van der Waals surface area contributed by atoms with Crippen molar-refractivity contribution < 1.29 is 4.42 Å². The Labute approximate surface area is 188 Å². The Kier molecular flexibility index (Phi) is 6.29. The van der Waals surface area contributed by atoms with E-state index in [2.05, 4.69) is 28.1 Å². The Balaban J connectivity index is 1.68. The van der Waals surface area contributed by atoms with Gasteiger partial charge in [0.25, 0.3) is 0 Å². The molecule has 0 unspecified atom stereocenters. The molecule has 32 heavy (non-hydrogen) atoms. The van der Waals surface area contributed by atoms with Gasteiger partial charge in [0.05, 0.1) is 0 Å². The van der Waals surface area contributed by atoms with E-state index in [9.17, 15) is 5.26 Å². The molecule has 0 aliphatic carbocycles. The summed E-state index contributed by atoms with van der Waals surface area (Å²) in [4.78, 5) is 6.52. The molecule has 0 N–H and O–H groups in total. The van der Waals surface area contributed by atoms with E-state index in [0.29, 0.717) is 17.2 Å². The minimum absolute atomic E-state index is 0.304. The Morgan fingerprint density at radius 1 is 0.844 bits per heavy atom. The van der Waals surface area contributed by atoms with E-state index >= 15 is 0 Å². The maximum absolute atomic E-state index is 9.92. The van der Waals surface area contributed by atoms with Crippen molar-refractivity contribution in [2.24, 2.45) is 4.99 Å². The quantitative estimate of drug-likeness (QED) is 0.318. The highest BCUT2D eigenvalue weighted by molar-refractivity contribution is 5.89. The number of allylic oxidation sites excluding steroid dienone is 1. The maximum atomic E-state index is 9.92. The van der Waals surface area contributed by atoms with Gasteiger partial charge in [-0.3, -0.25) is 0 Å². The Morgan fingerprint density at radius 2 is 1.47 bits per heavy atom. The first kappa shape index (κ1) is 20.9. The molecular formula is C28H23N3O. The van der Waals surface area contributed by atoms with Crippen LogP contribution in [0.15, 0.2) is 100 Å². The number of rotatable bonds is 6. The van der Waals surface area contributed by atoms with E-state index in [4.69, 9.17) is 4.42 Å². The second kappa shape index (κ2) is 9.63. The molecule has 4 aromatic rings. The zero-order valence-electron chi connectivity index (χ0n) is 18.1. The highest BCUT2D eigenvalue weighted by Gasteiger charge is 2.22. The molecular weight excluding hydrogens is 394 g/mol. The van der Waals surface area contributed by atoms with Crippen molar-refractivity contribution in [3.05, 3.63) is 102 Å². The number of benzene rings is 3. The number of nitrogens with zero attached hydrogens (tertiary/aromatic N) is 3. The molecule has 0 bridgehead atoms. The first-order valence-electron chi connectivity index (χ1n) is 10.3. The van der Waals surface area contributed by atoms with Gasteiger partial charge in [0, 0.05) is 37.1 Å². The van der Waals surface area contributed by atoms with Crippen LogP contribution in [-0.2, 0) is 0 Å². The van der Waals surface area contributed by atoms with Crippen LogP contribution < -0.4 is 4.90 Å². The molecule has 0 fully saturated rings. The summed E-state index contributed by atoms with van der Waals surface area (Å²) in [6.07, 6.45) is 5.47. The molecule has 0 aliphatic rings. The summed E-state index contributed by atoms with van der Waals surface area (Å²) in [6.45, 7) is 0. The third-order valence-corrected chi connectivity index (χ3v) is 5.08. The lowest BCUT2D eigenvalue weighted by Gasteiger charge is -2.11. The van der Waals surface area contributed by atoms with Gasteiger partial charge in [-0.05, 0) is 29.3 Å². The molecule has 0 saturated heterocycles. The van der Waals surface area contributed by atoms with Crippen molar-refractivity contribution in [2.45, 2.75) is 0 Å². The van der Waals surface area contributed by atoms with Crippen molar-refractivity contribution in [1.82, 2.24) is 0 Å². The van der Waals surface area contributed by atoms with Gasteiger partial charge in [0.1, 0.15) is 17.4 Å². The molecule has 4 rings (SSSR count). The number of anilines is 1. The monoisotopic (exact) mass is 417 g/mol. The standard InChI is InChI=1S/C28H23N3O/c1-31(2)24-17-15-21(16-18-24)10-9-19-30-28-25(20-29)26(22-11-5-3-6-12-22)27(32-28)23-13-7-4-8-14-23/h3-19H,1-2H3/b10-9+,30-19+. The molecule has 0 atom stereocenters. The third kappa shape index (κ3) is 4.53. The molecule has 4 heteroatoms. The fourth-order valence-electron chi connectivity index (χ4n) is 3.44. The number of hydrogen-bond donors (Lipinski definition) is 0. The summed E-state index contributed by atoms with van der Waals surface area (Å²) in [6, 6.07) is 30.1. The van der Waals surface area contributed by atoms with E-state index in [1.807, 2.05) is 99.0 Å². The predicted molar refractivity (Wildman–Crippen MR) is 132 cm³/mol. The first-order valence-corrected chi connectivity index (χ1v) is 10.3. The van der Waals surface area contributed by atoms with Crippen molar-refractivity contribution in [1.29, 1.82) is 5.26 Å². The SMILES string of the molecule is CN(C)c1ccc(/C=C/C=N/c2oc(-c3ccccc3)c(-c3ccccc3)c2C#N)cc1. The number of furan rings is 1. The minimum atomic E-state index is 0.304. The van der Waals surface area contributed by atoms with Gasteiger partial charge >= 0.3 is 0 Å². The summed E-state index contributed by atoms with van der Waals surface area (Å²) in [5.41, 5.74) is 5.22. The topological polar surface area (TPSA) is 52.5 Å². The number of aliphatic imine (C=N–C) groups is 1. The van der Waals surface area contributed by atoms with Crippen molar-refractivity contribution in [3.8, 4) is 28.5 Å². The first-order chi connectivity index (χ1) is 15.7. The summed E-state index contributed by atoms with van der Waals surface area (Å²) in [7, 11) is 4.03. The van der Waals surface area contributed by atoms with Crippen LogP contribution in [0.5, 0.6) is 0 Å². The lowest BCUT2D eigenvalue weighted by atomic mass is 9.98. The molecule has 4 nitrogen and oxygen atoms in total. The molecule has 0 radical (unpaired) electrons. The molecule has 1 aromatic heterocycles. The molecule has 0 saturated carbocycles. The van der Waals surface area contributed by atoms with Crippen LogP contribution in [0.25, 0.3) is 28.5 Å². The molecule has 0 amide bonds. The zero-order chi connectivity index (χ0) is 22.3. The van der Waals surface area contributed by atoms with Gasteiger partial charge in [-0.15, -0.1) is 0 Å². The van der Waals surface area contributed by atoms with Crippen molar-refractivity contribution in [3.63, 3.8) is 0 Å². The number of hydrogen-bond acceptors (Lipinski definition) is 4. The van der Waals surface area contributed by atoms with Gasteiger partial charge in [0.15, 0.2) is 0 Å². The minimum Gasteiger partial charge on any atom is -0.436 e. The van der Waals surface area contributed by atoms with Crippen molar-refractivity contribution in [2.75, 3.05) is 19.0 Å². The van der Waals surface area contributed by atoms with Gasteiger partial charge in [-0.1, -0.05) is 78.9 Å². The lowest BCUT2D eigenvalue weighted by Crippen LogP contribution is -2.07. The van der Waals surface area contributed by atoms with Gasteiger partial charge in [-0.25, -0.2) is 4.99 Å². The molecule has 0 spiro atoms. The summed E-state index contributed by atoms with van der Waals surface area (Å²) in [5, 5.41) is 9.92. The van der Waals surface area contributed by atoms with Crippen LogP contribution in [0.2, 0.25) is 0 Å². The fourth-order valence-corrected chi connectivity index (χ4v) is 3.44. The van der Waals surface area contributed by atoms with E-state index in [1.165, 1.54) is 0 Å². The lowest BCUT2D eigenvalue weighted by molar-refractivity contribution is 0.593. The zero-order valence-corrected chi connectivity index (χ0v) is 18.1. The van der Waals surface area contributed by atoms with Crippen LogP contribution in [0.4, 0.5) is 11.6 Å².